The number of anilines is 2. The second kappa shape index (κ2) is 12.4. The van der Waals surface area contributed by atoms with Crippen LogP contribution in [0, 0.1) is 0 Å². The van der Waals surface area contributed by atoms with Gasteiger partial charge in [0.25, 0.3) is 0 Å². The van der Waals surface area contributed by atoms with Crippen LogP contribution in [0.2, 0.25) is 0 Å². The maximum atomic E-state index is 12.4. The van der Waals surface area contributed by atoms with Crippen LogP contribution in [0.5, 0.6) is 0 Å². The molecule has 40 heavy (non-hydrogen) atoms. The van der Waals surface area contributed by atoms with E-state index in [4.69, 9.17) is 0 Å². The third kappa shape index (κ3) is 6.83. The van der Waals surface area contributed by atoms with Crippen LogP contribution < -0.4 is 10.6 Å². The van der Waals surface area contributed by atoms with Gasteiger partial charge >= 0.3 is 11.9 Å². The van der Waals surface area contributed by atoms with E-state index in [2.05, 4.69) is 31.0 Å². The molecule has 2 amide bonds. The van der Waals surface area contributed by atoms with Gasteiger partial charge in [-0.25, -0.2) is 9.59 Å². The van der Waals surface area contributed by atoms with E-state index in [1.54, 1.807) is 35.4 Å². The van der Waals surface area contributed by atoms with E-state index in [0.717, 1.165) is 23.5 Å². The van der Waals surface area contributed by atoms with Gasteiger partial charge in [-0.2, -0.15) is 0 Å². The number of aromatic carboxylic acids is 2. The van der Waals surface area contributed by atoms with Gasteiger partial charge < -0.3 is 30.0 Å². The molecule has 4 N–H and O–H groups in total. The van der Waals surface area contributed by atoms with Crippen LogP contribution >= 0.6 is 23.5 Å². The fraction of sp³-hybridized carbons (Fsp3) is 0.167. The highest BCUT2D eigenvalue weighted by Gasteiger charge is 2.18. The number of aromatic nitrogens is 6. The number of nitrogens with zero attached hydrogens (tertiary/aromatic N) is 6. The van der Waals surface area contributed by atoms with Crippen molar-refractivity contribution in [3.63, 3.8) is 0 Å². The van der Waals surface area contributed by atoms with Gasteiger partial charge in [-0.3, -0.25) is 9.59 Å². The molecule has 0 aliphatic rings. The Bertz CT molecular complexity index is 1480. The van der Waals surface area contributed by atoms with Crippen molar-refractivity contribution < 1.29 is 29.4 Å². The standard InChI is InChI=1S/C24H22N8O6S2/c1-31-11-25-29-23(31)39-9-19(33)27-17-5-3-13(7-15(17)21(35)36)14-4-6-18(16(8-14)22(37)38)28-20(34)10-40-24-30-26-12-32(24)2/h3-8,11-12H,9-10H2,1-2H3,(H,27,33)(H,28,34)(H,35,36)(H,37,38). The number of benzene rings is 2. The van der Waals surface area contributed by atoms with E-state index in [0.29, 0.717) is 21.4 Å². The molecule has 0 spiro atoms. The first-order valence-electron chi connectivity index (χ1n) is 11.4. The zero-order valence-corrected chi connectivity index (χ0v) is 22.7. The van der Waals surface area contributed by atoms with Crippen LogP contribution in [0.25, 0.3) is 11.1 Å². The molecule has 4 aromatic rings. The molecule has 206 valence electrons. The number of nitrogens with one attached hydrogen (secondary N) is 2. The summed E-state index contributed by atoms with van der Waals surface area (Å²) in [4.78, 5) is 48.8. The molecule has 0 saturated carbocycles. The van der Waals surface area contributed by atoms with Crippen molar-refractivity contribution in [1.82, 2.24) is 29.5 Å². The lowest BCUT2D eigenvalue weighted by Crippen LogP contribution is -2.17. The number of hydrogen-bond donors (Lipinski definition) is 4. The number of carboxylic acids is 2. The van der Waals surface area contributed by atoms with Crippen molar-refractivity contribution in [2.45, 2.75) is 10.3 Å². The van der Waals surface area contributed by atoms with Crippen molar-refractivity contribution in [3.05, 3.63) is 60.2 Å². The molecule has 0 aliphatic carbocycles. The highest BCUT2D eigenvalue weighted by atomic mass is 32.2. The summed E-state index contributed by atoms with van der Waals surface area (Å²) in [6.07, 6.45) is 3.00. The first-order valence-corrected chi connectivity index (χ1v) is 13.4. The largest absolute Gasteiger partial charge is 0.478 e. The molecule has 0 unspecified atom stereocenters. The molecule has 4 rings (SSSR count). The number of carbonyl (C=O) groups is 4. The molecule has 2 aromatic carbocycles. The van der Waals surface area contributed by atoms with Crippen molar-refractivity contribution >= 4 is 58.7 Å². The quantitative estimate of drug-likeness (QED) is 0.189. The summed E-state index contributed by atoms with van der Waals surface area (Å²) in [6.45, 7) is 0. The lowest BCUT2D eigenvalue weighted by Gasteiger charge is -2.13. The van der Waals surface area contributed by atoms with Crippen molar-refractivity contribution in [2.75, 3.05) is 22.1 Å². The number of carbonyl (C=O) groups excluding carboxylic acids is 2. The molecule has 0 fully saturated rings. The average Bonchev–Trinajstić information content (AvgIpc) is 3.53. The topological polar surface area (TPSA) is 194 Å². The van der Waals surface area contributed by atoms with Gasteiger partial charge in [0.05, 0.1) is 34.0 Å². The number of carboxylic acid groups (broad SMARTS) is 2. The summed E-state index contributed by atoms with van der Waals surface area (Å²) >= 11 is 2.29. The Morgan fingerprint density at radius 2 is 1.12 bits per heavy atom. The zero-order chi connectivity index (χ0) is 28.8. The molecule has 0 saturated heterocycles. The summed E-state index contributed by atoms with van der Waals surface area (Å²) in [5, 5.41) is 41.0. The first-order chi connectivity index (χ1) is 19.1. The monoisotopic (exact) mass is 582 g/mol. The van der Waals surface area contributed by atoms with Gasteiger partial charge in [0, 0.05) is 14.1 Å². The van der Waals surface area contributed by atoms with Crippen LogP contribution in [0.15, 0.2) is 59.4 Å². The summed E-state index contributed by atoms with van der Waals surface area (Å²) in [5.41, 5.74) is 0.628. The molecule has 14 nitrogen and oxygen atoms in total. The van der Waals surface area contributed by atoms with Crippen LogP contribution in [0.1, 0.15) is 20.7 Å². The van der Waals surface area contributed by atoms with Crippen molar-refractivity contribution in [3.8, 4) is 11.1 Å². The number of hydrogen-bond acceptors (Lipinski definition) is 10. The predicted octanol–water partition coefficient (Wildman–Crippen LogP) is 2.47. The Morgan fingerprint density at radius 3 is 1.45 bits per heavy atom. The van der Waals surface area contributed by atoms with Gasteiger partial charge in [-0.1, -0.05) is 35.7 Å². The molecule has 0 atom stereocenters. The molecule has 2 heterocycles. The second-order valence-electron chi connectivity index (χ2n) is 8.25. The number of aryl methyl sites for hydroxylation is 2. The van der Waals surface area contributed by atoms with E-state index >= 15 is 0 Å². The molecular weight excluding hydrogens is 560 g/mol. The van der Waals surface area contributed by atoms with Crippen LogP contribution in [-0.4, -0.2) is 75.0 Å². The maximum absolute atomic E-state index is 12.4. The number of thioether (sulfide) groups is 2. The minimum absolute atomic E-state index is 0.0143. The normalized spacial score (nSPS) is 10.8. The third-order valence-corrected chi connectivity index (χ3v) is 7.45. The molecule has 2 aromatic heterocycles. The Labute approximate surface area is 235 Å². The lowest BCUT2D eigenvalue weighted by atomic mass is 9.99. The summed E-state index contributed by atoms with van der Waals surface area (Å²) in [6, 6.07) is 8.67. The smallest absolute Gasteiger partial charge is 0.337 e. The summed E-state index contributed by atoms with van der Waals surface area (Å²) in [5.74, 6) is -3.46. The zero-order valence-electron chi connectivity index (χ0n) is 21.1. The molecule has 0 radical (unpaired) electrons. The third-order valence-electron chi connectivity index (χ3n) is 5.39. The molecule has 16 heteroatoms. The second-order valence-corrected chi connectivity index (χ2v) is 10.1. The van der Waals surface area contributed by atoms with E-state index in [-0.39, 0.29) is 34.0 Å². The van der Waals surface area contributed by atoms with E-state index in [9.17, 15) is 29.4 Å². The minimum atomic E-state index is -1.28. The van der Waals surface area contributed by atoms with Crippen molar-refractivity contribution in [2.24, 2.45) is 14.1 Å². The average molecular weight is 583 g/mol. The Kier molecular flexibility index (Phi) is 8.80. The van der Waals surface area contributed by atoms with Crippen molar-refractivity contribution in [1.29, 1.82) is 0 Å². The fourth-order valence-corrected chi connectivity index (χ4v) is 4.83. The van der Waals surface area contributed by atoms with Gasteiger partial charge in [0.1, 0.15) is 12.7 Å². The molecule has 0 bridgehead atoms. The Hall–Kier alpha value is -4.70. The Morgan fingerprint density at radius 1 is 0.725 bits per heavy atom. The molecule has 0 aliphatic heterocycles. The van der Waals surface area contributed by atoms with Gasteiger partial charge in [-0.05, 0) is 35.4 Å². The van der Waals surface area contributed by atoms with Gasteiger partial charge in [-0.15, -0.1) is 20.4 Å². The van der Waals surface area contributed by atoms with E-state index in [1.807, 2.05) is 0 Å². The number of amides is 2. The van der Waals surface area contributed by atoms with E-state index < -0.39 is 23.8 Å². The first kappa shape index (κ1) is 28.3. The van der Waals surface area contributed by atoms with Crippen LogP contribution in [-0.2, 0) is 23.7 Å². The van der Waals surface area contributed by atoms with E-state index in [1.165, 1.54) is 36.9 Å². The highest BCUT2D eigenvalue weighted by Crippen LogP contribution is 2.29. The minimum Gasteiger partial charge on any atom is -0.478 e. The van der Waals surface area contributed by atoms with Gasteiger partial charge in [0.15, 0.2) is 10.3 Å². The number of rotatable bonds is 11. The molecular formula is C24H22N8O6S2. The lowest BCUT2D eigenvalue weighted by molar-refractivity contribution is -0.114. The Balaban J connectivity index is 1.49. The highest BCUT2D eigenvalue weighted by molar-refractivity contribution is 8.00. The maximum Gasteiger partial charge on any atom is 0.337 e. The van der Waals surface area contributed by atoms with Crippen LogP contribution in [0.3, 0.4) is 0 Å². The summed E-state index contributed by atoms with van der Waals surface area (Å²) < 4.78 is 3.30. The summed E-state index contributed by atoms with van der Waals surface area (Å²) in [7, 11) is 3.47. The SMILES string of the molecule is Cn1cnnc1SCC(=O)Nc1ccc(-c2ccc(NC(=O)CSc3nncn3C)c(C(=O)O)c2)cc1C(=O)O. The van der Waals surface area contributed by atoms with Crippen LogP contribution in [0.4, 0.5) is 11.4 Å². The van der Waals surface area contributed by atoms with Gasteiger partial charge in [0.2, 0.25) is 11.8 Å². The predicted molar refractivity (Wildman–Crippen MR) is 147 cm³/mol. The fourth-order valence-electron chi connectivity index (χ4n) is 3.46.